The van der Waals surface area contributed by atoms with Crippen molar-refractivity contribution in [3.63, 3.8) is 0 Å². The topological polar surface area (TPSA) is 75.9 Å². The Balaban J connectivity index is 1.52. The molecule has 0 atom stereocenters. The van der Waals surface area contributed by atoms with Crippen LogP contribution < -0.4 is 10.1 Å². The lowest BCUT2D eigenvalue weighted by molar-refractivity contribution is 0.0651. The monoisotopic (exact) mass is 414 g/mol. The molecule has 5 rings (SSSR count). The second kappa shape index (κ2) is 7.43. The summed E-state index contributed by atoms with van der Waals surface area (Å²) >= 11 is 0. The molecule has 4 aromatic rings. The summed E-state index contributed by atoms with van der Waals surface area (Å²) in [5.74, 6) is 1.17. The van der Waals surface area contributed by atoms with Crippen LogP contribution in [0, 0.1) is 6.92 Å². The molecule has 0 aliphatic carbocycles. The molecule has 2 amide bonds. The van der Waals surface area contributed by atoms with Crippen molar-refractivity contribution in [3.05, 3.63) is 71.5 Å². The highest BCUT2D eigenvalue weighted by Gasteiger charge is 2.26. The van der Waals surface area contributed by atoms with Gasteiger partial charge in [-0.05, 0) is 53.9 Å². The Bertz CT molecular complexity index is 1340. The maximum Gasteiger partial charge on any atom is 0.255 e. The third-order valence-electron chi connectivity index (χ3n) is 5.79. The molecule has 7 heteroatoms. The molecule has 2 aromatic heterocycles. The van der Waals surface area contributed by atoms with Gasteiger partial charge in [0, 0.05) is 38.0 Å². The third kappa shape index (κ3) is 3.28. The van der Waals surface area contributed by atoms with Crippen LogP contribution in [-0.2, 0) is 0 Å². The van der Waals surface area contributed by atoms with Gasteiger partial charge in [-0.3, -0.25) is 9.59 Å². The highest BCUT2D eigenvalue weighted by molar-refractivity contribution is 5.99. The molecule has 31 heavy (non-hydrogen) atoms. The molecule has 1 N–H and O–H groups in total. The van der Waals surface area contributed by atoms with E-state index < -0.39 is 0 Å². The number of aryl methyl sites for hydroxylation is 1. The Morgan fingerprint density at radius 1 is 1.06 bits per heavy atom. The quantitative estimate of drug-likeness (QED) is 0.551. The zero-order valence-electron chi connectivity index (χ0n) is 17.4. The fraction of sp³-hybridized carbons (Fsp3) is 0.208. The van der Waals surface area contributed by atoms with Gasteiger partial charge in [0.15, 0.2) is 5.75 Å². The van der Waals surface area contributed by atoms with E-state index >= 15 is 0 Å². The lowest BCUT2D eigenvalue weighted by Gasteiger charge is -2.30. The number of fused-ring (bicyclic) bond motifs is 2. The molecule has 0 radical (unpaired) electrons. The van der Waals surface area contributed by atoms with Gasteiger partial charge in [-0.25, -0.2) is 4.52 Å². The van der Waals surface area contributed by atoms with E-state index in [2.05, 4.69) is 10.4 Å². The van der Waals surface area contributed by atoms with Crippen molar-refractivity contribution in [1.29, 1.82) is 0 Å². The Labute approximate surface area is 179 Å². The van der Waals surface area contributed by atoms with Crippen molar-refractivity contribution in [2.45, 2.75) is 13.3 Å². The number of likely N-dealkylation sites (tertiary alicyclic amines) is 1. The van der Waals surface area contributed by atoms with Gasteiger partial charge in [-0.1, -0.05) is 12.1 Å². The van der Waals surface area contributed by atoms with E-state index in [0.29, 0.717) is 22.6 Å². The zero-order valence-corrected chi connectivity index (χ0v) is 17.4. The van der Waals surface area contributed by atoms with Gasteiger partial charge in [0.05, 0.1) is 11.8 Å². The van der Waals surface area contributed by atoms with Crippen LogP contribution in [0.5, 0.6) is 11.5 Å². The van der Waals surface area contributed by atoms with Gasteiger partial charge >= 0.3 is 0 Å². The Morgan fingerprint density at radius 2 is 1.87 bits per heavy atom. The number of carbonyl (C=O) groups is 2. The van der Waals surface area contributed by atoms with Crippen LogP contribution in [-0.4, -0.2) is 46.5 Å². The second-order valence-corrected chi connectivity index (χ2v) is 7.71. The standard InChI is InChI=1S/C24H22N4O3/c1-15-20(24(30)27-10-3-11-27)14-28-22(15)21(8-9-26-28)31-19-7-6-16-4-5-17(23(29)25-2)12-18(16)13-19/h4-9,12-14H,3,10-11H2,1-2H3,(H,25,29). The van der Waals surface area contributed by atoms with Crippen LogP contribution in [0.1, 0.15) is 32.7 Å². The van der Waals surface area contributed by atoms with Crippen LogP contribution in [0.15, 0.2) is 54.9 Å². The molecule has 0 bridgehead atoms. The van der Waals surface area contributed by atoms with Crippen molar-refractivity contribution in [3.8, 4) is 11.5 Å². The van der Waals surface area contributed by atoms with Gasteiger partial charge in [-0.15, -0.1) is 0 Å². The van der Waals surface area contributed by atoms with Gasteiger partial charge in [0.1, 0.15) is 11.3 Å². The Kier molecular flexibility index (Phi) is 4.58. The predicted molar refractivity (Wildman–Crippen MR) is 118 cm³/mol. The number of carbonyl (C=O) groups excluding carboxylic acids is 2. The van der Waals surface area contributed by atoms with E-state index in [1.54, 1.807) is 36.1 Å². The number of amides is 2. The molecule has 7 nitrogen and oxygen atoms in total. The van der Waals surface area contributed by atoms with E-state index in [4.69, 9.17) is 4.74 Å². The predicted octanol–water partition coefficient (Wildman–Crippen LogP) is 3.79. The molecular formula is C24H22N4O3. The number of ether oxygens (including phenoxy) is 1. The second-order valence-electron chi connectivity index (χ2n) is 7.71. The number of aromatic nitrogens is 2. The maximum atomic E-state index is 12.8. The van der Waals surface area contributed by atoms with Crippen molar-refractivity contribution in [2.75, 3.05) is 20.1 Å². The van der Waals surface area contributed by atoms with E-state index in [9.17, 15) is 9.59 Å². The minimum atomic E-state index is -0.132. The molecule has 1 aliphatic heterocycles. The number of benzene rings is 2. The summed E-state index contributed by atoms with van der Waals surface area (Å²) in [6.45, 7) is 3.53. The number of hydrogen-bond donors (Lipinski definition) is 1. The molecule has 3 heterocycles. The van der Waals surface area contributed by atoms with Crippen LogP contribution in [0.2, 0.25) is 0 Å². The number of nitrogens with one attached hydrogen (secondary N) is 1. The third-order valence-corrected chi connectivity index (χ3v) is 5.79. The van der Waals surface area contributed by atoms with Gasteiger partial charge in [-0.2, -0.15) is 5.10 Å². The maximum absolute atomic E-state index is 12.8. The van der Waals surface area contributed by atoms with Crippen molar-refractivity contribution >= 4 is 28.1 Å². The lowest BCUT2D eigenvalue weighted by atomic mass is 10.1. The summed E-state index contributed by atoms with van der Waals surface area (Å²) in [4.78, 5) is 26.6. The van der Waals surface area contributed by atoms with Gasteiger partial charge < -0.3 is 15.0 Å². The van der Waals surface area contributed by atoms with E-state index in [1.165, 1.54) is 0 Å². The SMILES string of the molecule is CNC(=O)c1ccc2ccc(Oc3ccnn4cc(C(=O)N5CCC5)c(C)c34)cc2c1. The van der Waals surface area contributed by atoms with Crippen LogP contribution in [0.3, 0.4) is 0 Å². The summed E-state index contributed by atoms with van der Waals surface area (Å²) in [6, 6.07) is 13.1. The first kappa shape index (κ1) is 19.1. The first-order valence-corrected chi connectivity index (χ1v) is 10.2. The summed E-state index contributed by atoms with van der Waals surface area (Å²) < 4.78 is 7.91. The fourth-order valence-corrected chi connectivity index (χ4v) is 3.91. The molecule has 1 saturated heterocycles. The summed E-state index contributed by atoms with van der Waals surface area (Å²) in [5.41, 5.74) is 2.86. The van der Waals surface area contributed by atoms with Crippen molar-refractivity contribution in [1.82, 2.24) is 19.8 Å². The summed E-state index contributed by atoms with van der Waals surface area (Å²) in [7, 11) is 1.61. The number of nitrogens with zero attached hydrogens (tertiary/aromatic N) is 3. The Hall–Kier alpha value is -3.87. The zero-order chi connectivity index (χ0) is 21.5. The van der Waals surface area contributed by atoms with Crippen LogP contribution in [0.4, 0.5) is 0 Å². The minimum absolute atomic E-state index is 0.0348. The smallest absolute Gasteiger partial charge is 0.255 e. The number of rotatable bonds is 4. The van der Waals surface area contributed by atoms with Crippen molar-refractivity contribution in [2.24, 2.45) is 0 Å². The van der Waals surface area contributed by atoms with E-state index in [1.807, 2.05) is 42.2 Å². The first-order valence-electron chi connectivity index (χ1n) is 10.2. The van der Waals surface area contributed by atoms with Gasteiger partial charge in [0.2, 0.25) is 0 Å². The molecule has 2 aromatic carbocycles. The molecule has 0 saturated carbocycles. The summed E-state index contributed by atoms with van der Waals surface area (Å²) in [6.07, 6.45) is 4.48. The minimum Gasteiger partial charge on any atom is -0.455 e. The highest BCUT2D eigenvalue weighted by Crippen LogP contribution is 2.32. The Morgan fingerprint density at radius 3 is 2.61 bits per heavy atom. The molecule has 1 aliphatic rings. The largest absolute Gasteiger partial charge is 0.455 e. The van der Waals surface area contributed by atoms with Crippen molar-refractivity contribution < 1.29 is 14.3 Å². The molecule has 156 valence electrons. The van der Waals surface area contributed by atoms with Crippen LogP contribution >= 0.6 is 0 Å². The summed E-state index contributed by atoms with van der Waals surface area (Å²) in [5, 5.41) is 8.93. The normalized spacial score (nSPS) is 13.3. The average Bonchev–Trinajstić information content (AvgIpc) is 3.09. The average molecular weight is 414 g/mol. The highest BCUT2D eigenvalue weighted by atomic mass is 16.5. The fourth-order valence-electron chi connectivity index (χ4n) is 3.91. The van der Waals surface area contributed by atoms with E-state index in [-0.39, 0.29) is 11.8 Å². The number of hydrogen-bond acceptors (Lipinski definition) is 4. The van der Waals surface area contributed by atoms with E-state index in [0.717, 1.165) is 41.4 Å². The molecule has 1 fully saturated rings. The molecule has 0 spiro atoms. The lowest BCUT2D eigenvalue weighted by Crippen LogP contribution is -2.42. The first-order chi connectivity index (χ1) is 15.0. The van der Waals surface area contributed by atoms with Crippen LogP contribution in [0.25, 0.3) is 16.3 Å². The molecular weight excluding hydrogens is 392 g/mol. The molecule has 0 unspecified atom stereocenters. The van der Waals surface area contributed by atoms with Gasteiger partial charge in [0.25, 0.3) is 11.8 Å².